The monoisotopic (exact) mass is 411 g/mol. The van der Waals surface area contributed by atoms with Gasteiger partial charge in [0, 0.05) is 11.1 Å². The zero-order valence-electron chi connectivity index (χ0n) is 16.8. The smallest absolute Gasteiger partial charge is 0.338 e. The van der Waals surface area contributed by atoms with Crippen molar-refractivity contribution in [3.8, 4) is 17.2 Å². The minimum Gasteiger partial charge on any atom is -0.493 e. The summed E-state index contributed by atoms with van der Waals surface area (Å²) in [5.41, 5.74) is 1.55. The predicted octanol–water partition coefficient (Wildman–Crippen LogP) is 3.11. The molecule has 0 bridgehead atoms. The fourth-order valence-corrected chi connectivity index (χ4v) is 2.97. The van der Waals surface area contributed by atoms with Crippen molar-refractivity contribution in [3.63, 3.8) is 0 Å². The summed E-state index contributed by atoms with van der Waals surface area (Å²) >= 11 is 0. The van der Waals surface area contributed by atoms with Crippen LogP contribution in [0, 0.1) is 0 Å². The Kier molecular flexibility index (Phi) is 6.36. The standard InChI is InChI=1S/C22H21NO7/c1-4-5-14-8-15(10-19(27-2)21(14)28-3)22(26)30-11-17(24)13-6-7-18-16(9-13)23-20(25)12-29-18/h4-10H,11-12H2,1-3H3,(H,23,25)/b5-4+. The van der Waals surface area contributed by atoms with Crippen molar-refractivity contribution in [1.82, 2.24) is 0 Å². The maximum atomic E-state index is 12.5. The fraction of sp³-hybridized carbons (Fsp3) is 0.227. The molecule has 0 unspecified atom stereocenters. The number of ether oxygens (including phenoxy) is 4. The van der Waals surface area contributed by atoms with Crippen molar-refractivity contribution in [2.75, 3.05) is 32.8 Å². The van der Waals surface area contributed by atoms with Gasteiger partial charge in [-0.2, -0.15) is 0 Å². The molecule has 0 radical (unpaired) electrons. The summed E-state index contributed by atoms with van der Waals surface area (Å²) in [4.78, 5) is 36.4. The van der Waals surface area contributed by atoms with Gasteiger partial charge in [0.2, 0.25) is 0 Å². The molecular weight excluding hydrogens is 390 g/mol. The molecule has 1 amide bonds. The lowest BCUT2D eigenvalue weighted by Gasteiger charge is -2.18. The number of hydrogen-bond acceptors (Lipinski definition) is 7. The van der Waals surface area contributed by atoms with Gasteiger partial charge >= 0.3 is 5.97 Å². The Bertz CT molecular complexity index is 1030. The predicted molar refractivity (Wildman–Crippen MR) is 109 cm³/mol. The first-order chi connectivity index (χ1) is 14.5. The molecule has 1 heterocycles. The maximum Gasteiger partial charge on any atom is 0.338 e. The topological polar surface area (TPSA) is 100 Å². The number of carbonyl (C=O) groups excluding carboxylic acids is 3. The molecule has 1 aliphatic rings. The molecule has 0 saturated heterocycles. The van der Waals surface area contributed by atoms with Gasteiger partial charge in [0.15, 0.2) is 30.5 Å². The van der Waals surface area contributed by atoms with Gasteiger partial charge in [-0.1, -0.05) is 12.2 Å². The van der Waals surface area contributed by atoms with E-state index in [1.807, 2.05) is 6.92 Å². The van der Waals surface area contributed by atoms with Crippen LogP contribution in [0.3, 0.4) is 0 Å². The molecule has 3 rings (SSSR count). The Balaban J connectivity index is 1.74. The highest BCUT2D eigenvalue weighted by Crippen LogP contribution is 2.34. The van der Waals surface area contributed by atoms with Crippen molar-refractivity contribution in [1.29, 1.82) is 0 Å². The number of Topliss-reactive ketones (excluding diaryl/α,β-unsaturated/α-hetero) is 1. The third-order valence-corrected chi connectivity index (χ3v) is 4.36. The van der Waals surface area contributed by atoms with E-state index >= 15 is 0 Å². The molecule has 0 fully saturated rings. The van der Waals surface area contributed by atoms with E-state index in [0.29, 0.717) is 28.5 Å². The van der Waals surface area contributed by atoms with E-state index in [0.717, 1.165) is 0 Å². The lowest BCUT2D eigenvalue weighted by molar-refractivity contribution is -0.118. The molecule has 0 saturated carbocycles. The molecule has 1 N–H and O–H groups in total. The molecule has 8 heteroatoms. The second-order valence-electron chi connectivity index (χ2n) is 6.35. The van der Waals surface area contributed by atoms with Crippen LogP contribution in [-0.2, 0) is 9.53 Å². The number of esters is 1. The Morgan fingerprint density at radius 2 is 1.93 bits per heavy atom. The normalized spacial score (nSPS) is 12.6. The van der Waals surface area contributed by atoms with Gasteiger partial charge in [0.1, 0.15) is 5.75 Å². The van der Waals surface area contributed by atoms with Gasteiger partial charge in [0.05, 0.1) is 25.5 Å². The molecule has 1 aliphatic heterocycles. The number of nitrogens with one attached hydrogen (secondary N) is 1. The highest BCUT2D eigenvalue weighted by Gasteiger charge is 2.20. The van der Waals surface area contributed by atoms with E-state index in [-0.39, 0.29) is 23.6 Å². The number of carbonyl (C=O) groups is 3. The maximum absolute atomic E-state index is 12.5. The number of hydrogen-bond donors (Lipinski definition) is 1. The average molecular weight is 411 g/mol. The van der Waals surface area contributed by atoms with Gasteiger partial charge in [-0.25, -0.2) is 4.79 Å². The number of amides is 1. The number of methoxy groups -OCH3 is 2. The molecule has 2 aromatic rings. The first-order valence-electron chi connectivity index (χ1n) is 9.12. The molecule has 2 aromatic carbocycles. The van der Waals surface area contributed by atoms with E-state index in [1.54, 1.807) is 30.4 Å². The number of fused-ring (bicyclic) bond motifs is 1. The molecule has 0 spiro atoms. The molecule has 0 atom stereocenters. The van der Waals surface area contributed by atoms with Crippen LogP contribution in [0.25, 0.3) is 6.08 Å². The Labute approximate surface area is 173 Å². The second-order valence-corrected chi connectivity index (χ2v) is 6.35. The third-order valence-electron chi connectivity index (χ3n) is 4.36. The Morgan fingerprint density at radius 1 is 1.13 bits per heavy atom. The first-order valence-corrected chi connectivity index (χ1v) is 9.12. The summed E-state index contributed by atoms with van der Waals surface area (Å²) < 4.78 is 21.1. The number of anilines is 1. The van der Waals surface area contributed by atoms with E-state index in [9.17, 15) is 14.4 Å². The van der Waals surface area contributed by atoms with Crippen LogP contribution in [0.15, 0.2) is 36.4 Å². The van der Waals surface area contributed by atoms with Crippen molar-refractivity contribution >= 4 is 29.4 Å². The van der Waals surface area contributed by atoms with Crippen molar-refractivity contribution in [2.45, 2.75) is 6.92 Å². The number of allylic oxidation sites excluding steroid dienone is 1. The van der Waals surface area contributed by atoms with Crippen LogP contribution >= 0.6 is 0 Å². The minimum absolute atomic E-state index is 0.0710. The van der Waals surface area contributed by atoms with Crippen LogP contribution < -0.4 is 19.5 Å². The number of benzene rings is 2. The van der Waals surface area contributed by atoms with Crippen LogP contribution in [-0.4, -0.2) is 45.1 Å². The summed E-state index contributed by atoms with van der Waals surface area (Å²) in [6.07, 6.45) is 3.57. The second kappa shape index (κ2) is 9.13. The van der Waals surface area contributed by atoms with Gasteiger partial charge < -0.3 is 24.3 Å². The zero-order chi connectivity index (χ0) is 21.7. The van der Waals surface area contributed by atoms with Gasteiger partial charge in [-0.15, -0.1) is 0 Å². The Morgan fingerprint density at radius 3 is 2.63 bits per heavy atom. The molecule has 0 aromatic heterocycles. The van der Waals surface area contributed by atoms with Crippen molar-refractivity contribution in [2.24, 2.45) is 0 Å². The fourth-order valence-electron chi connectivity index (χ4n) is 2.97. The largest absolute Gasteiger partial charge is 0.493 e. The number of ketones is 1. The molecule has 30 heavy (non-hydrogen) atoms. The first kappa shape index (κ1) is 20.9. The SMILES string of the molecule is C/C=C/c1cc(C(=O)OCC(=O)c2ccc3c(c2)NC(=O)CO3)cc(OC)c1OC. The molecule has 156 valence electrons. The van der Waals surface area contributed by atoms with Crippen molar-refractivity contribution < 1.29 is 33.3 Å². The number of rotatable bonds is 7. The highest BCUT2D eigenvalue weighted by molar-refractivity contribution is 6.02. The van der Waals surface area contributed by atoms with Crippen LogP contribution in [0.5, 0.6) is 17.2 Å². The summed E-state index contributed by atoms with van der Waals surface area (Å²) in [7, 11) is 2.97. The summed E-state index contributed by atoms with van der Waals surface area (Å²) in [6, 6.07) is 7.71. The Hall–Kier alpha value is -3.81. The molecular formula is C22H21NO7. The van der Waals surface area contributed by atoms with Gasteiger partial charge in [-0.3, -0.25) is 9.59 Å². The van der Waals surface area contributed by atoms with Gasteiger partial charge in [0.25, 0.3) is 5.91 Å². The lowest BCUT2D eigenvalue weighted by Crippen LogP contribution is -2.25. The van der Waals surface area contributed by atoms with E-state index < -0.39 is 18.4 Å². The zero-order valence-corrected chi connectivity index (χ0v) is 16.8. The van der Waals surface area contributed by atoms with E-state index in [4.69, 9.17) is 18.9 Å². The van der Waals surface area contributed by atoms with Crippen LogP contribution in [0.4, 0.5) is 5.69 Å². The average Bonchev–Trinajstić information content (AvgIpc) is 2.76. The van der Waals surface area contributed by atoms with E-state index in [2.05, 4.69) is 5.32 Å². The molecule has 8 nitrogen and oxygen atoms in total. The van der Waals surface area contributed by atoms with Crippen LogP contribution in [0.2, 0.25) is 0 Å². The van der Waals surface area contributed by atoms with Gasteiger partial charge in [-0.05, 0) is 37.3 Å². The quantitative estimate of drug-likeness (QED) is 0.552. The van der Waals surface area contributed by atoms with Crippen molar-refractivity contribution in [3.05, 3.63) is 53.1 Å². The summed E-state index contributed by atoms with van der Waals surface area (Å²) in [5, 5.41) is 2.63. The van der Waals surface area contributed by atoms with E-state index in [1.165, 1.54) is 26.4 Å². The lowest BCUT2D eigenvalue weighted by atomic mass is 10.1. The summed E-state index contributed by atoms with van der Waals surface area (Å²) in [5.74, 6) is -0.0583. The van der Waals surface area contributed by atoms with Crippen LogP contribution in [0.1, 0.15) is 33.2 Å². The third kappa shape index (κ3) is 4.43. The highest BCUT2D eigenvalue weighted by atomic mass is 16.5. The minimum atomic E-state index is -0.676. The molecule has 0 aliphatic carbocycles. The summed E-state index contributed by atoms with van der Waals surface area (Å²) in [6.45, 7) is 1.31.